The molecule has 3 heteroatoms. The number of nitrogens with zero attached hydrogens (tertiary/aromatic N) is 1. The van der Waals surface area contributed by atoms with E-state index in [2.05, 4.69) is 17.1 Å². The zero-order valence-corrected chi connectivity index (χ0v) is 10.4. The Morgan fingerprint density at radius 3 is 2.44 bits per heavy atom. The van der Waals surface area contributed by atoms with Crippen LogP contribution in [0.4, 0.5) is 0 Å². The first-order valence-corrected chi connectivity index (χ1v) is 6.71. The highest BCUT2D eigenvalue weighted by Gasteiger charge is 2.35. The lowest BCUT2D eigenvalue weighted by Gasteiger charge is -2.23. The molecular weight excluding hydrogens is 200 g/mol. The summed E-state index contributed by atoms with van der Waals surface area (Å²) < 4.78 is 0. The van der Waals surface area contributed by atoms with Crippen LogP contribution in [-0.2, 0) is 4.79 Å². The minimum absolute atomic E-state index is 0.0645. The molecule has 2 aliphatic rings. The molecule has 0 aromatic rings. The van der Waals surface area contributed by atoms with Gasteiger partial charge in [-0.3, -0.25) is 4.79 Å². The van der Waals surface area contributed by atoms with Crippen LogP contribution in [0, 0.1) is 5.41 Å². The summed E-state index contributed by atoms with van der Waals surface area (Å²) in [6.45, 7) is 6.40. The largest absolute Gasteiger partial charge is 0.354 e. The molecule has 2 rings (SSSR count). The molecule has 1 aliphatic heterocycles. The molecule has 0 radical (unpaired) electrons. The van der Waals surface area contributed by atoms with Gasteiger partial charge in [0.1, 0.15) is 0 Å². The Morgan fingerprint density at radius 1 is 1.19 bits per heavy atom. The second-order valence-electron chi connectivity index (χ2n) is 5.57. The van der Waals surface area contributed by atoms with Gasteiger partial charge in [-0.25, -0.2) is 0 Å². The molecule has 1 heterocycles. The van der Waals surface area contributed by atoms with Gasteiger partial charge in [-0.05, 0) is 38.8 Å². The molecule has 0 bridgehead atoms. The van der Waals surface area contributed by atoms with Crippen molar-refractivity contribution in [3.05, 3.63) is 0 Å². The first-order valence-electron chi connectivity index (χ1n) is 6.71. The Kier molecular flexibility index (Phi) is 3.85. The number of rotatable bonds is 4. The molecule has 0 unspecified atom stereocenters. The molecule has 16 heavy (non-hydrogen) atoms. The van der Waals surface area contributed by atoms with Crippen molar-refractivity contribution in [3.63, 3.8) is 0 Å². The minimum atomic E-state index is -0.0645. The number of carbonyl (C=O) groups is 1. The molecule has 1 aliphatic carbocycles. The second kappa shape index (κ2) is 5.17. The van der Waals surface area contributed by atoms with Gasteiger partial charge in [0.25, 0.3) is 0 Å². The van der Waals surface area contributed by atoms with E-state index < -0.39 is 0 Å². The third-order valence-electron chi connectivity index (χ3n) is 4.17. The fourth-order valence-corrected chi connectivity index (χ4v) is 2.93. The van der Waals surface area contributed by atoms with Crippen LogP contribution in [0.15, 0.2) is 0 Å². The standard InChI is InChI=1S/C13H24N2O/c1-13(6-2-3-7-13)12(16)14-8-11-15-9-4-5-10-15/h2-11H2,1H3,(H,14,16). The van der Waals surface area contributed by atoms with E-state index in [-0.39, 0.29) is 11.3 Å². The Balaban J connectivity index is 1.67. The van der Waals surface area contributed by atoms with Crippen LogP contribution in [-0.4, -0.2) is 37.0 Å². The van der Waals surface area contributed by atoms with Crippen molar-refractivity contribution in [2.75, 3.05) is 26.2 Å². The zero-order chi connectivity index (χ0) is 11.4. The summed E-state index contributed by atoms with van der Waals surface area (Å²) in [5, 5.41) is 3.11. The average Bonchev–Trinajstić information content (AvgIpc) is 2.90. The van der Waals surface area contributed by atoms with Gasteiger partial charge in [-0.1, -0.05) is 19.8 Å². The topological polar surface area (TPSA) is 32.3 Å². The predicted molar refractivity (Wildman–Crippen MR) is 65.3 cm³/mol. The summed E-state index contributed by atoms with van der Waals surface area (Å²) in [5.74, 6) is 0.282. The fraction of sp³-hybridized carbons (Fsp3) is 0.923. The Labute approximate surface area is 98.6 Å². The van der Waals surface area contributed by atoms with E-state index in [1.54, 1.807) is 0 Å². The maximum Gasteiger partial charge on any atom is 0.225 e. The van der Waals surface area contributed by atoms with Crippen LogP contribution >= 0.6 is 0 Å². The van der Waals surface area contributed by atoms with Crippen LogP contribution in [0.2, 0.25) is 0 Å². The summed E-state index contributed by atoms with van der Waals surface area (Å²) >= 11 is 0. The first-order chi connectivity index (χ1) is 7.71. The quantitative estimate of drug-likeness (QED) is 0.789. The van der Waals surface area contributed by atoms with Crippen molar-refractivity contribution < 1.29 is 4.79 Å². The lowest BCUT2D eigenvalue weighted by atomic mass is 9.88. The van der Waals surface area contributed by atoms with Gasteiger partial charge < -0.3 is 10.2 Å². The fourth-order valence-electron chi connectivity index (χ4n) is 2.93. The van der Waals surface area contributed by atoms with Gasteiger partial charge in [-0.2, -0.15) is 0 Å². The number of amides is 1. The van der Waals surface area contributed by atoms with Crippen molar-refractivity contribution in [1.82, 2.24) is 10.2 Å². The summed E-state index contributed by atoms with van der Waals surface area (Å²) in [7, 11) is 0. The van der Waals surface area contributed by atoms with E-state index in [0.29, 0.717) is 0 Å². The van der Waals surface area contributed by atoms with E-state index in [9.17, 15) is 4.79 Å². The molecule has 1 saturated carbocycles. The molecule has 0 aromatic heterocycles. The Hall–Kier alpha value is -0.570. The van der Waals surface area contributed by atoms with E-state index in [0.717, 1.165) is 25.9 Å². The van der Waals surface area contributed by atoms with Gasteiger partial charge in [0.2, 0.25) is 5.91 Å². The zero-order valence-electron chi connectivity index (χ0n) is 10.4. The van der Waals surface area contributed by atoms with Crippen molar-refractivity contribution in [1.29, 1.82) is 0 Å². The van der Waals surface area contributed by atoms with E-state index in [4.69, 9.17) is 0 Å². The molecule has 1 saturated heterocycles. The summed E-state index contributed by atoms with van der Waals surface area (Å²) in [6.07, 6.45) is 7.23. The number of hydrogen-bond acceptors (Lipinski definition) is 2. The highest BCUT2D eigenvalue weighted by Crippen LogP contribution is 2.37. The van der Waals surface area contributed by atoms with Crippen molar-refractivity contribution in [2.24, 2.45) is 5.41 Å². The van der Waals surface area contributed by atoms with E-state index in [1.165, 1.54) is 38.8 Å². The van der Waals surface area contributed by atoms with Crippen LogP contribution in [0.25, 0.3) is 0 Å². The third-order valence-corrected chi connectivity index (χ3v) is 4.17. The number of carbonyl (C=O) groups excluding carboxylic acids is 1. The highest BCUT2D eigenvalue weighted by atomic mass is 16.2. The third kappa shape index (κ3) is 2.76. The second-order valence-corrected chi connectivity index (χ2v) is 5.57. The van der Waals surface area contributed by atoms with Crippen LogP contribution < -0.4 is 5.32 Å². The maximum absolute atomic E-state index is 12.0. The predicted octanol–water partition coefficient (Wildman–Crippen LogP) is 1.78. The molecule has 0 aromatic carbocycles. The van der Waals surface area contributed by atoms with Crippen LogP contribution in [0.5, 0.6) is 0 Å². The average molecular weight is 224 g/mol. The Morgan fingerprint density at radius 2 is 1.81 bits per heavy atom. The van der Waals surface area contributed by atoms with Crippen molar-refractivity contribution in [3.8, 4) is 0 Å². The molecule has 0 spiro atoms. The number of likely N-dealkylation sites (tertiary alicyclic amines) is 1. The molecule has 1 N–H and O–H groups in total. The van der Waals surface area contributed by atoms with E-state index in [1.807, 2.05) is 0 Å². The monoisotopic (exact) mass is 224 g/mol. The van der Waals surface area contributed by atoms with Crippen molar-refractivity contribution >= 4 is 5.91 Å². The van der Waals surface area contributed by atoms with E-state index >= 15 is 0 Å². The molecular formula is C13H24N2O. The smallest absolute Gasteiger partial charge is 0.225 e. The van der Waals surface area contributed by atoms with Gasteiger partial charge in [0.05, 0.1) is 0 Å². The van der Waals surface area contributed by atoms with Gasteiger partial charge in [-0.15, -0.1) is 0 Å². The Bertz CT molecular complexity index is 240. The minimum Gasteiger partial charge on any atom is -0.354 e. The van der Waals surface area contributed by atoms with Gasteiger partial charge in [0, 0.05) is 18.5 Å². The summed E-state index contributed by atoms with van der Waals surface area (Å²) in [4.78, 5) is 14.5. The molecule has 0 atom stereocenters. The SMILES string of the molecule is CC1(C(=O)NCCN2CCCC2)CCCC1. The molecule has 2 fully saturated rings. The van der Waals surface area contributed by atoms with Gasteiger partial charge in [0.15, 0.2) is 0 Å². The summed E-state index contributed by atoms with van der Waals surface area (Å²) in [5.41, 5.74) is -0.0645. The lowest BCUT2D eigenvalue weighted by Crippen LogP contribution is -2.40. The highest BCUT2D eigenvalue weighted by molar-refractivity contribution is 5.82. The molecule has 3 nitrogen and oxygen atoms in total. The molecule has 92 valence electrons. The summed E-state index contributed by atoms with van der Waals surface area (Å²) in [6, 6.07) is 0. The maximum atomic E-state index is 12.0. The van der Waals surface area contributed by atoms with Gasteiger partial charge >= 0.3 is 0 Å². The van der Waals surface area contributed by atoms with Crippen molar-refractivity contribution in [2.45, 2.75) is 45.4 Å². The molecule has 1 amide bonds. The lowest BCUT2D eigenvalue weighted by molar-refractivity contribution is -0.129. The normalized spacial score (nSPS) is 24.8. The first kappa shape index (κ1) is 11.9. The van der Waals surface area contributed by atoms with Crippen LogP contribution in [0.1, 0.15) is 45.4 Å². The van der Waals surface area contributed by atoms with Crippen LogP contribution in [0.3, 0.4) is 0 Å². The number of nitrogens with one attached hydrogen (secondary N) is 1. The number of hydrogen-bond donors (Lipinski definition) is 1.